The second kappa shape index (κ2) is 6.28. The van der Waals surface area contributed by atoms with E-state index in [2.05, 4.69) is 10.4 Å². The van der Waals surface area contributed by atoms with Crippen LogP contribution in [0.1, 0.15) is 44.1 Å². The zero-order valence-electron chi connectivity index (χ0n) is 13.6. The predicted octanol–water partition coefficient (Wildman–Crippen LogP) is 1.59. The molecule has 1 heterocycles. The molecule has 0 aliphatic heterocycles. The third-order valence-corrected chi connectivity index (χ3v) is 3.68. The van der Waals surface area contributed by atoms with Crippen molar-refractivity contribution in [1.29, 1.82) is 0 Å². The first-order chi connectivity index (χ1) is 9.54. The molecular formula is C15H25N3O3. The van der Waals surface area contributed by atoms with Gasteiger partial charge in [0.15, 0.2) is 0 Å². The van der Waals surface area contributed by atoms with Crippen LogP contribution in [0.5, 0.6) is 0 Å². The van der Waals surface area contributed by atoms with Crippen LogP contribution in [0.15, 0.2) is 0 Å². The molecule has 0 fully saturated rings. The maximum Gasteiger partial charge on any atom is 0.326 e. The zero-order valence-corrected chi connectivity index (χ0v) is 13.6. The molecule has 0 aliphatic rings. The van der Waals surface area contributed by atoms with E-state index < -0.39 is 17.4 Å². The minimum absolute atomic E-state index is 0.250. The van der Waals surface area contributed by atoms with Crippen molar-refractivity contribution < 1.29 is 14.7 Å². The number of hydrogen-bond donors (Lipinski definition) is 2. The number of nitrogens with one attached hydrogen (secondary N) is 1. The lowest BCUT2D eigenvalue weighted by atomic mass is 9.86. The number of aryl methyl sites for hydroxylation is 2. The number of nitrogens with zero attached hydrogens (tertiary/aromatic N) is 2. The molecule has 1 amide bonds. The van der Waals surface area contributed by atoms with E-state index >= 15 is 0 Å². The van der Waals surface area contributed by atoms with Crippen molar-refractivity contribution in [1.82, 2.24) is 15.1 Å². The van der Waals surface area contributed by atoms with E-state index in [1.165, 1.54) is 0 Å². The van der Waals surface area contributed by atoms with Crippen LogP contribution in [0.4, 0.5) is 0 Å². The first-order valence-corrected chi connectivity index (χ1v) is 7.05. The number of carbonyl (C=O) groups excluding carboxylic acids is 1. The van der Waals surface area contributed by atoms with Gasteiger partial charge in [-0.15, -0.1) is 0 Å². The van der Waals surface area contributed by atoms with Gasteiger partial charge in [0.05, 0.1) is 5.69 Å². The number of carboxylic acids is 1. The highest BCUT2D eigenvalue weighted by Gasteiger charge is 2.32. The van der Waals surface area contributed by atoms with Gasteiger partial charge in [-0.3, -0.25) is 9.48 Å². The highest BCUT2D eigenvalue weighted by Crippen LogP contribution is 2.20. The van der Waals surface area contributed by atoms with Gasteiger partial charge < -0.3 is 10.4 Å². The summed E-state index contributed by atoms with van der Waals surface area (Å²) in [5, 5.41) is 16.1. The smallest absolute Gasteiger partial charge is 0.326 e. The number of aliphatic carboxylic acids is 1. The lowest BCUT2D eigenvalue weighted by Gasteiger charge is -2.27. The summed E-state index contributed by atoms with van der Waals surface area (Å²) in [6.45, 7) is 9.25. The fraction of sp³-hybridized carbons (Fsp3) is 0.667. The van der Waals surface area contributed by atoms with E-state index in [-0.39, 0.29) is 12.3 Å². The average Bonchev–Trinajstić information content (AvgIpc) is 2.56. The molecule has 0 unspecified atom stereocenters. The second-order valence-electron chi connectivity index (χ2n) is 6.48. The molecule has 118 valence electrons. The number of amides is 1. The van der Waals surface area contributed by atoms with E-state index in [0.717, 1.165) is 17.0 Å². The molecule has 6 nitrogen and oxygen atoms in total. The molecule has 0 saturated heterocycles. The average molecular weight is 295 g/mol. The fourth-order valence-corrected chi connectivity index (χ4v) is 2.30. The monoisotopic (exact) mass is 295 g/mol. The SMILES string of the molecule is Cc1nn(C)c(C)c1CCC(=O)N[C@@H](C(=O)O)C(C)(C)C. The van der Waals surface area contributed by atoms with E-state index in [1.54, 1.807) is 25.5 Å². The molecule has 1 aromatic heterocycles. The number of aromatic nitrogens is 2. The lowest BCUT2D eigenvalue weighted by molar-refractivity contribution is -0.144. The Morgan fingerprint density at radius 1 is 1.33 bits per heavy atom. The first kappa shape index (κ1) is 17.2. The normalized spacial score (nSPS) is 13.0. The minimum Gasteiger partial charge on any atom is -0.480 e. The molecule has 2 N–H and O–H groups in total. The van der Waals surface area contributed by atoms with Gasteiger partial charge in [-0.25, -0.2) is 4.79 Å². The van der Waals surface area contributed by atoms with E-state index in [4.69, 9.17) is 0 Å². The van der Waals surface area contributed by atoms with Crippen molar-refractivity contribution in [3.63, 3.8) is 0 Å². The van der Waals surface area contributed by atoms with Crippen LogP contribution >= 0.6 is 0 Å². The van der Waals surface area contributed by atoms with Crippen LogP contribution in [0.3, 0.4) is 0 Å². The Bertz CT molecular complexity index is 541. The fourth-order valence-electron chi connectivity index (χ4n) is 2.30. The van der Waals surface area contributed by atoms with Crippen LogP contribution in [-0.4, -0.2) is 32.8 Å². The molecule has 0 aliphatic carbocycles. The van der Waals surface area contributed by atoms with E-state index in [9.17, 15) is 14.7 Å². The third-order valence-electron chi connectivity index (χ3n) is 3.68. The summed E-state index contributed by atoms with van der Waals surface area (Å²) < 4.78 is 1.79. The molecule has 0 bridgehead atoms. The van der Waals surface area contributed by atoms with Crippen LogP contribution < -0.4 is 5.32 Å². The highest BCUT2D eigenvalue weighted by atomic mass is 16.4. The molecule has 0 spiro atoms. The molecular weight excluding hydrogens is 270 g/mol. The van der Waals surface area contributed by atoms with Gasteiger partial charge in [0.2, 0.25) is 5.91 Å². The van der Waals surface area contributed by atoms with E-state index in [0.29, 0.717) is 6.42 Å². The van der Waals surface area contributed by atoms with Gasteiger partial charge >= 0.3 is 5.97 Å². The zero-order chi connectivity index (χ0) is 16.4. The molecule has 0 radical (unpaired) electrons. The summed E-state index contributed by atoms with van der Waals surface area (Å²) in [5.41, 5.74) is 2.47. The standard InChI is InChI=1S/C15H25N3O3/c1-9-11(10(2)18(6)17-9)7-8-12(19)16-13(14(20)21)15(3,4)5/h13H,7-8H2,1-6H3,(H,16,19)(H,20,21)/t13-/m0/s1. The maximum atomic E-state index is 12.0. The van der Waals surface area contributed by atoms with Crippen molar-refractivity contribution in [2.75, 3.05) is 0 Å². The van der Waals surface area contributed by atoms with Crippen LogP contribution in [0, 0.1) is 19.3 Å². The Balaban J connectivity index is 2.68. The Labute approximate surface area is 125 Å². The number of carboxylic acid groups (broad SMARTS) is 1. The van der Waals surface area contributed by atoms with Crippen LogP contribution in [-0.2, 0) is 23.1 Å². The maximum absolute atomic E-state index is 12.0. The highest BCUT2D eigenvalue weighted by molar-refractivity contribution is 5.84. The van der Waals surface area contributed by atoms with Crippen molar-refractivity contribution in [2.45, 2.75) is 53.5 Å². The molecule has 1 atom stereocenters. The topological polar surface area (TPSA) is 84.2 Å². The summed E-state index contributed by atoms with van der Waals surface area (Å²) in [6, 6.07) is -0.888. The first-order valence-electron chi connectivity index (χ1n) is 7.05. The number of rotatable bonds is 5. The molecule has 0 saturated carbocycles. The minimum atomic E-state index is -1.01. The number of carbonyl (C=O) groups is 2. The lowest BCUT2D eigenvalue weighted by Crippen LogP contribution is -2.49. The Morgan fingerprint density at radius 2 is 1.90 bits per heavy atom. The Kier molecular flexibility index (Phi) is 5.15. The van der Waals surface area contributed by atoms with Gasteiger partial charge in [-0.2, -0.15) is 5.10 Å². The summed E-state index contributed by atoms with van der Waals surface area (Å²) in [5.74, 6) is -1.26. The summed E-state index contributed by atoms with van der Waals surface area (Å²) in [7, 11) is 1.87. The van der Waals surface area contributed by atoms with Crippen molar-refractivity contribution in [2.24, 2.45) is 12.5 Å². The van der Waals surface area contributed by atoms with Crippen LogP contribution in [0.2, 0.25) is 0 Å². The van der Waals surface area contributed by atoms with Crippen molar-refractivity contribution >= 4 is 11.9 Å². The number of hydrogen-bond acceptors (Lipinski definition) is 3. The van der Waals surface area contributed by atoms with Gasteiger partial charge in [0, 0.05) is 19.2 Å². The van der Waals surface area contributed by atoms with Gasteiger partial charge in [0.25, 0.3) is 0 Å². The third kappa shape index (κ3) is 4.31. The molecule has 1 rings (SSSR count). The largest absolute Gasteiger partial charge is 0.480 e. The van der Waals surface area contributed by atoms with E-state index in [1.807, 2.05) is 20.9 Å². The van der Waals surface area contributed by atoms with Gasteiger partial charge in [-0.05, 0) is 31.2 Å². The molecule has 1 aromatic rings. The van der Waals surface area contributed by atoms with Crippen LogP contribution in [0.25, 0.3) is 0 Å². The molecule has 6 heteroatoms. The van der Waals surface area contributed by atoms with Crippen molar-refractivity contribution in [3.8, 4) is 0 Å². The molecule has 21 heavy (non-hydrogen) atoms. The second-order valence-corrected chi connectivity index (χ2v) is 6.48. The van der Waals surface area contributed by atoms with Crippen molar-refractivity contribution in [3.05, 3.63) is 17.0 Å². The summed E-state index contributed by atoms with van der Waals surface area (Å²) in [4.78, 5) is 23.2. The summed E-state index contributed by atoms with van der Waals surface area (Å²) >= 11 is 0. The van der Waals surface area contributed by atoms with Gasteiger partial charge in [-0.1, -0.05) is 20.8 Å². The quantitative estimate of drug-likeness (QED) is 0.864. The Hall–Kier alpha value is -1.85. The van der Waals surface area contributed by atoms with Gasteiger partial charge in [0.1, 0.15) is 6.04 Å². The predicted molar refractivity (Wildman–Crippen MR) is 80.0 cm³/mol. The summed E-state index contributed by atoms with van der Waals surface area (Å²) in [6.07, 6.45) is 0.820. The Morgan fingerprint density at radius 3 is 2.29 bits per heavy atom. The molecule has 0 aromatic carbocycles.